The Balaban J connectivity index is 0.997. The molecule has 2 aromatic heterocycles. The molecule has 14 atom stereocenters. The van der Waals surface area contributed by atoms with Gasteiger partial charge in [0, 0.05) is 62.9 Å². The van der Waals surface area contributed by atoms with Crippen molar-refractivity contribution in [3.8, 4) is 0 Å². The number of carbonyl (C=O) groups excluding carboxylic acids is 18. The van der Waals surface area contributed by atoms with Crippen molar-refractivity contribution in [2.24, 2.45) is 5.73 Å². The monoisotopic (exact) mass is 2020 g/mol. The first-order valence-corrected chi connectivity index (χ1v) is 50.1. The van der Waals surface area contributed by atoms with Crippen LogP contribution >= 0.6 is 22.7 Å². The van der Waals surface area contributed by atoms with Crippen LogP contribution in [0.25, 0.3) is 10.1 Å². The molecule has 10 rings (SSSR count). The average Bonchev–Trinajstić information content (AvgIpc) is 1.65. The molecule has 3 aromatic carbocycles. The highest BCUT2D eigenvalue weighted by Crippen LogP contribution is 2.33. The number of nitrogens with two attached hydrogens (primary N) is 1. The first kappa shape index (κ1) is 111. The zero-order chi connectivity index (χ0) is 104. The topological polar surface area (TPSA) is 641 Å². The molecule has 143 heavy (non-hydrogen) atoms. The molecule has 0 saturated carbocycles. The van der Waals surface area contributed by atoms with Crippen molar-refractivity contribution in [2.45, 2.75) is 304 Å². The van der Waals surface area contributed by atoms with Gasteiger partial charge >= 0.3 is 24.0 Å². The number of thiophene rings is 2. The number of amides is 18. The van der Waals surface area contributed by atoms with Gasteiger partial charge in [0.05, 0.1) is 31.6 Å². The summed E-state index contributed by atoms with van der Waals surface area (Å²) in [5.41, 5.74) is -0.996. The molecule has 45 heteroatoms. The minimum absolute atomic E-state index is 0.0210. The third-order valence-electron chi connectivity index (χ3n) is 26.3. The molecule has 774 valence electrons. The van der Waals surface area contributed by atoms with Gasteiger partial charge in [-0.2, -0.15) is 11.3 Å². The van der Waals surface area contributed by atoms with Crippen molar-refractivity contribution in [3.05, 3.63) is 129 Å². The Morgan fingerprint density at radius 3 is 1.78 bits per heavy atom. The lowest BCUT2D eigenvalue weighted by molar-refractivity contribution is -0.147. The summed E-state index contributed by atoms with van der Waals surface area (Å²) >= 11 is 2.61. The van der Waals surface area contributed by atoms with E-state index in [1.54, 1.807) is 58.6 Å². The van der Waals surface area contributed by atoms with E-state index in [4.69, 9.17) is 10.5 Å². The van der Waals surface area contributed by atoms with Crippen LogP contribution in [0.3, 0.4) is 0 Å². The molecule has 5 saturated heterocycles. The maximum atomic E-state index is 16.0. The number of benzene rings is 3. The van der Waals surface area contributed by atoms with E-state index in [0.717, 1.165) is 15.0 Å². The van der Waals surface area contributed by atoms with Crippen LogP contribution < -0.4 is 85.5 Å². The second-order valence-electron chi connectivity index (χ2n) is 38.1. The summed E-state index contributed by atoms with van der Waals surface area (Å²) in [5, 5.41) is 76.3. The van der Waals surface area contributed by atoms with Crippen LogP contribution in [0.5, 0.6) is 0 Å². The molecular weight excluding hydrogens is 1890 g/mol. The van der Waals surface area contributed by atoms with Crippen molar-refractivity contribution in [1.29, 1.82) is 0 Å². The Bertz CT molecular complexity index is 5510. The number of hydrogen-bond donors (Lipinski definition) is 19. The van der Waals surface area contributed by atoms with E-state index in [1.165, 1.54) is 93.4 Å². The summed E-state index contributed by atoms with van der Waals surface area (Å²) in [6, 6.07) is 4.10. The first-order valence-electron chi connectivity index (χ1n) is 48.3. The highest BCUT2D eigenvalue weighted by Gasteiger charge is 2.52. The van der Waals surface area contributed by atoms with E-state index < -0.39 is 239 Å². The van der Waals surface area contributed by atoms with Gasteiger partial charge in [0.25, 0.3) is 0 Å². The van der Waals surface area contributed by atoms with Crippen molar-refractivity contribution in [2.75, 3.05) is 32.8 Å². The fraction of sp³-hybridized carbons (Fsp3) is 0.541. The Labute approximate surface area is 834 Å². The van der Waals surface area contributed by atoms with E-state index in [0.29, 0.717) is 68.1 Å². The third-order valence-corrected chi connectivity index (χ3v) is 28.1. The second-order valence-corrected chi connectivity index (χ2v) is 39.8. The highest BCUT2D eigenvalue weighted by atomic mass is 32.1. The van der Waals surface area contributed by atoms with E-state index in [9.17, 15) is 72.9 Å². The maximum absolute atomic E-state index is 16.0. The third kappa shape index (κ3) is 31.7. The Morgan fingerprint density at radius 2 is 1.08 bits per heavy atom. The molecule has 43 nitrogen and oxygen atoms in total. The zero-order valence-corrected chi connectivity index (χ0v) is 82.5. The van der Waals surface area contributed by atoms with Crippen molar-refractivity contribution in [1.82, 2.24) is 89.6 Å². The van der Waals surface area contributed by atoms with Gasteiger partial charge in [-0.1, -0.05) is 112 Å². The van der Waals surface area contributed by atoms with Crippen LogP contribution in [0.1, 0.15) is 222 Å². The lowest BCUT2D eigenvalue weighted by Crippen LogP contribution is -2.66. The Hall–Kier alpha value is -14.0. The van der Waals surface area contributed by atoms with Crippen LogP contribution in [-0.2, 0) is 122 Å². The number of hydrogen-bond acceptors (Lipinski definition) is 24. The fourth-order valence-electron chi connectivity index (χ4n) is 17.8. The molecule has 5 aliphatic rings. The van der Waals surface area contributed by atoms with Gasteiger partial charge in [-0.25, -0.2) is 9.59 Å². The largest absolute Gasteiger partial charge is 0.481 e. The van der Waals surface area contributed by atoms with E-state index in [2.05, 4.69) is 79.8 Å². The number of aromatic carboxylic acids is 1. The average molecular weight is 2020 g/mol. The molecule has 0 radical (unpaired) electrons. The molecule has 20 N–H and O–H groups in total. The van der Waals surface area contributed by atoms with Gasteiger partial charge in [-0.15, -0.1) is 11.3 Å². The first-order chi connectivity index (χ1) is 67.9. The number of nitrogens with one attached hydrogen (secondary N) is 15. The number of nitrogens with zero attached hydrogens (tertiary/aromatic N) is 2. The van der Waals surface area contributed by atoms with Gasteiger partial charge in [0.15, 0.2) is 0 Å². The van der Waals surface area contributed by atoms with E-state index >= 15 is 43.2 Å². The van der Waals surface area contributed by atoms with Crippen molar-refractivity contribution < 1.29 is 121 Å². The van der Waals surface area contributed by atoms with Gasteiger partial charge in [-0.05, 0) is 180 Å². The summed E-state index contributed by atoms with van der Waals surface area (Å²) < 4.78 is 6.70. The normalized spacial score (nSPS) is 26.6. The number of aliphatic carboxylic acids is 2. The number of carboxylic acids is 3. The number of cyclic esters (lactones) is 1. The van der Waals surface area contributed by atoms with E-state index in [-0.39, 0.29) is 140 Å². The summed E-state index contributed by atoms with van der Waals surface area (Å²) in [4.78, 5) is 306. The molecule has 5 fully saturated rings. The quantitative estimate of drug-likeness (QED) is 0.0594. The van der Waals surface area contributed by atoms with E-state index in [1.807, 2.05) is 18.2 Å². The smallest absolute Gasteiger partial charge is 0.409 e. The summed E-state index contributed by atoms with van der Waals surface area (Å²) in [6.07, 6.45) is -2.19. The second kappa shape index (κ2) is 51.6. The molecule has 5 aliphatic heterocycles. The SMILES string of the molecule is C[C@H](NC(=O)[C@@H]1CCC(=O)NCCCC[C@@H]2NC(=O)[C@H](Cc3ccccc3)NC(=O)[C@H](C)NC(=O)C(C)(C)NC(=O)[C@H](Cc3cccc(C(=O)O)c3)NC(=O)[C@H](CC(=O)O)NC(=O)[C@](C)(NC(=O)C3CCCCCCC(=O)N4CCC[C@@]4(C)C(=O)N[C@@H](CC(=O)O)C(=O)N3)CCCCCCCCOC(=O)N3CC[C@@](C3)(NC2=O)C(=O)N[C@@H](Cc2ccsc2)C(=O)N[C@@H](Cc2csc3ccccc23)C(=O)N1)C(N)=O. The highest BCUT2D eigenvalue weighted by molar-refractivity contribution is 7.17. The molecule has 1 spiro atoms. The van der Waals surface area contributed by atoms with Crippen LogP contribution in [0.15, 0.2) is 101 Å². The standard InChI is InChI=1S/C98H130N18O25S2/c1-56(78(99)123)101-80(125)66-35-36-74(117)100-41-22-20-32-65-87(132)114-98(93(139)111-68(49-60-37-45-142-53-60)82(127)108-70(83(128)105-66)50-62-54-143-73-33-19-18-30-63(62)73)40-43-115(55-98)94(140)141-44-23-12-8-7-11-21-38-96(5,113-86(131)64-31-16-9-10-17-34-75(118)116-42-25-39-97(116,6)92(138)110-72(52-77(121)122)84(129)103-64)91(137)109-71(51-76(119)120)85(130)107-69(48-59-28-24-29-61(46-59)89(134)135)88(133)112-95(3,4)90(136)102-57(2)79(124)106-67(81(126)104-65)47-58-26-14-13-15-27-58/h13-15,18-19,24,26-30,33,37,45-46,53-54,56-57,64-72H,7-12,16-17,20-23,25,31-32,34-36,38-44,47-52,55H2,1-6H3,(H2,99,123)(H,100,117)(H,101,125)(H,102,136)(H,103,129)(H,104,126)(H,105,128)(H,106,124)(H,107,130)(H,108,127)(H,109,137)(H,110,138)(H,111,139)(H,112,133)(H,113,131)(H,114,132)(H,119,120)(H,121,122)(H,134,135)/t56-,57-,64?,65-,66-,67-,68-,69-,70-,71-,72-,96+,97-,98-/m0/s1. The Kier molecular flexibility index (Phi) is 40.0. The summed E-state index contributed by atoms with van der Waals surface area (Å²) in [7, 11) is 0. The maximum Gasteiger partial charge on any atom is 0.409 e. The number of primary amides is 1. The molecule has 5 aromatic rings. The molecule has 7 heterocycles. The van der Waals surface area contributed by atoms with Gasteiger partial charge in [0.2, 0.25) is 100 Å². The number of carboxylic acid groups (broad SMARTS) is 3. The van der Waals surface area contributed by atoms with Crippen molar-refractivity contribution >= 4 is 157 Å². The predicted molar refractivity (Wildman–Crippen MR) is 520 cm³/mol. The summed E-state index contributed by atoms with van der Waals surface area (Å²) in [5.74, 6) is -21.0. The van der Waals surface area contributed by atoms with Gasteiger partial charge in [-0.3, -0.25) is 91.1 Å². The fourth-order valence-corrected chi connectivity index (χ4v) is 19.4. The molecule has 1 unspecified atom stereocenters. The zero-order valence-electron chi connectivity index (χ0n) is 80.9. The number of ether oxygens (including phenoxy) is 1. The van der Waals surface area contributed by atoms with Crippen molar-refractivity contribution in [3.63, 3.8) is 0 Å². The minimum atomic E-state index is -2.21. The number of fused-ring (bicyclic) bond motifs is 5. The lowest BCUT2D eigenvalue weighted by atomic mass is 9.91. The van der Waals surface area contributed by atoms with Crippen LogP contribution in [0.2, 0.25) is 0 Å². The lowest BCUT2D eigenvalue weighted by Gasteiger charge is -2.35. The summed E-state index contributed by atoms with van der Waals surface area (Å²) in [6.45, 7) is 6.75. The van der Waals surface area contributed by atoms with Crippen LogP contribution in [0, 0.1) is 0 Å². The number of rotatable bonds is 18. The molecule has 3 bridgehead atoms. The molecule has 18 amide bonds. The minimum Gasteiger partial charge on any atom is -0.481 e. The van der Waals surface area contributed by atoms with Gasteiger partial charge in [0.1, 0.15) is 88.6 Å². The van der Waals surface area contributed by atoms with Gasteiger partial charge < -0.3 is 115 Å². The van der Waals surface area contributed by atoms with Crippen LogP contribution in [-0.4, -0.2) is 271 Å². The Morgan fingerprint density at radius 1 is 0.503 bits per heavy atom. The number of carbonyl (C=O) groups is 21. The molecular formula is C98H130N18O25S2. The predicted octanol–water partition coefficient (Wildman–Crippen LogP) is 1.77. The van der Waals surface area contributed by atoms with Crippen LogP contribution in [0.4, 0.5) is 4.79 Å². The molecule has 0 aliphatic carbocycles.